The highest BCUT2D eigenvalue weighted by Gasteiger charge is 2.15. The second-order valence-electron chi connectivity index (χ2n) is 8.19. The van der Waals surface area contributed by atoms with Gasteiger partial charge in [0.2, 0.25) is 0 Å². The van der Waals surface area contributed by atoms with E-state index in [1.165, 1.54) is 43.2 Å². The average Bonchev–Trinajstić information content (AvgIpc) is 2.83. The molecule has 0 heterocycles. The smallest absolute Gasteiger partial charge is 0.338 e. The van der Waals surface area contributed by atoms with Gasteiger partial charge in [0.15, 0.2) is 0 Å². The molecule has 160 valence electrons. The van der Waals surface area contributed by atoms with E-state index < -0.39 is 0 Å². The molecule has 0 unspecified atom stereocenters. The summed E-state index contributed by atoms with van der Waals surface area (Å²) >= 11 is 6.41. The zero-order valence-electron chi connectivity index (χ0n) is 17.6. The summed E-state index contributed by atoms with van der Waals surface area (Å²) in [7, 11) is 0. The zero-order valence-corrected chi connectivity index (χ0v) is 18.4. The van der Waals surface area contributed by atoms with Crippen LogP contribution in [-0.4, -0.2) is 5.97 Å². The Morgan fingerprint density at radius 3 is 2.35 bits per heavy atom. The minimum absolute atomic E-state index is 0.244. The van der Waals surface area contributed by atoms with Crippen molar-refractivity contribution in [3.8, 4) is 0 Å². The van der Waals surface area contributed by atoms with Gasteiger partial charge in [-0.25, -0.2) is 4.79 Å². The third-order valence-corrected chi connectivity index (χ3v) is 6.27. The summed E-state index contributed by atoms with van der Waals surface area (Å²) in [5, 5.41) is 3.88. The number of nitrogens with one attached hydrogen (secondary N) is 1. The van der Waals surface area contributed by atoms with Crippen LogP contribution in [0, 0.1) is 0 Å². The quantitative estimate of drug-likeness (QED) is 0.395. The molecule has 0 amide bonds. The lowest BCUT2D eigenvalue weighted by atomic mass is 9.84. The third-order valence-electron chi connectivity index (χ3n) is 5.96. The lowest BCUT2D eigenvalue weighted by Crippen LogP contribution is -2.07. The van der Waals surface area contributed by atoms with Gasteiger partial charge in [-0.2, -0.15) is 0 Å². The molecule has 0 bridgehead atoms. The zero-order chi connectivity index (χ0) is 21.5. The van der Waals surface area contributed by atoms with E-state index >= 15 is 0 Å². The molecule has 4 rings (SSSR count). The Labute approximate surface area is 189 Å². The van der Waals surface area contributed by atoms with Crippen LogP contribution in [0.4, 0.5) is 5.69 Å². The first-order valence-corrected chi connectivity index (χ1v) is 11.4. The Hall–Kier alpha value is -2.78. The topological polar surface area (TPSA) is 38.3 Å². The van der Waals surface area contributed by atoms with E-state index in [-0.39, 0.29) is 12.6 Å². The molecule has 1 aliphatic rings. The first-order chi connectivity index (χ1) is 15.2. The molecule has 1 N–H and O–H groups in total. The van der Waals surface area contributed by atoms with Gasteiger partial charge in [-0.15, -0.1) is 0 Å². The van der Waals surface area contributed by atoms with Gasteiger partial charge in [0, 0.05) is 6.54 Å². The first-order valence-electron chi connectivity index (χ1n) is 11.0. The fourth-order valence-corrected chi connectivity index (χ4v) is 4.38. The fraction of sp³-hybridized carbons (Fsp3) is 0.296. The van der Waals surface area contributed by atoms with Gasteiger partial charge in [-0.05, 0) is 53.6 Å². The maximum Gasteiger partial charge on any atom is 0.338 e. The number of hydrogen-bond acceptors (Lipinski definition) is 3. The molecular formula is C27H28ClNO2. The second kappa shape index (κ2) is 10.5. The molecular weight excluding hydrogens is 406 g/mol. The number of esters is 1. The van der Waals surface area contributed by atoms with Crippen molar-refractivity contribution in [2.45, 2.75) is 51.2 Å². The number of anilines is 1. The molecule has 3 aromatic carbocycles. The van der Waals surface area contributed by atoms with Crippen molar-refractivity contribution in [2.75, 3.05) is 5.32 Å². The highest BCUT2D eigenvalue weighted by molar-refractivity contribution is 6.33. The molecule has 31 heavy (non-hydrogen) atoms. The van der Waals surface area contributed by atoms with E-state index in [0.29, 0.717) is 17.1 Å². The standard InChI is InChI=1S/C27H28ClNO2/c28-25-17-24(27(30)31-19-21-7-3-1-4-8-21)15-16-26(25)29-18-20-11-13-23(14-12-20)22-9-5-2-6-10-22/h1,3-4,7-8,11-17,22,29H,2,5-6,9-10,18-19H2. The largest absolute Gasteiger partial charge is 0.457 e. The predicted molar refractivity (Wildman–Crippen MR) is 127 cm³/mol. The molecule has 0 saturated heterocycles. The highest BCUT2D eigenvalue weighted by atomic mass is 35.5. The van der Waals surface area contributed by atoms with Crippen LogP contribution in [0.2, 0.25) is 5.02 Å². The number of carbonyl (C=O) groups is 1. The molecule has 0 atom stereocenters. The van der Waals surface area contributed by atoms with Crippen LogP contribution in [0.25, 0.3) is 0 Å². The number of rotatable bonds is 7. The van der Waals surface area contributed by atoms with E-state index in [2.05, 4.69) is 29.6 Å². The maximum absolute atomic E-state index is 12.3. The van der Waals surface area contributed by atoms with Crippen molar-refractivity contribution in [3.05, 3.63) is 100 Å². The SMILES string of the molecule is O=C(OCc1ccccc1)c1ccc(NCc2ccc(C3CCCCC3)cc2)c(Cl)c1. The number of hydrogen-bond donors (Lipinski definition) is 1. The van der Waals surface area contributed by atoms with Gasteiger partial charge in [0.25, 0.3) is 0 Å². The summed E-state index contributed by atoms with van der Waals surface area (Å²) in [6.45, 7) is 0.927. The Balaban J connectivity index is 1.31. The molecule has 1 aliphatic carbocycles. The van der Waals surface area contributed by atoms with Gasteiger partial charge >= 0.3 is 5.97 Å². The van der Waals surface area contributed by atoms with Gasteiger partial charge in [0.1, 0.15) is 6.61 Å². The van der Waals surface area contributed by atoms with E-state index in [4.69, 9.17) is 16.3 Å². The van der Waals surface area contributed by atoms with Gasteiger partial charge < -0.3 is 10.1 Å². The minimum Gasteiger partial charge on any atom is -0.457 e. The highest BCUT2D eigenvalue weighted by Crippen LogP contribution is 2.32. The number of halogens is 1. The van der Waals surface area contributed by atoms with E-state index in [1.807, 2.05) is 36.4 Å². The summed E-state index contributed by atoms with van der Waals surface area (Å²) in [4.78, 5) is 12.3. The van der Waals surface area contributed by atoms with Crippen molar-refractivity contribution in [1.82, 2.24) is 0 Å². The summed E-state index contributed by atoms with van der Waals surface area (Å²) in [5.74, 6) is 0.343. The molecule has 3 aromatic rings. The molecule has 1 fully saturated rings. The fourth-order valence-electron chi connectivity index (χ4n) is 4.13. The van der Waals surface area contributed by atoms with Crippen LogP contribution < -0.4 is 5.32 Å². The normalized spacial score (nSPS) is 14.2. The molecule has 3 nitrogen and oxygen atoms in total. The van der Waals surface area contributed by atoms with Crippen LogP contribution >= 0.6 is 11.6 Å². The lowest BCUT2D eigenvalue weighted by molar-refractivity contribution is 0.0473. The van der Waals surface area contributed by atoms with Crippen molar-refractivity contribution < 1.29 is 9.53 Å². The molecule has 0 radical (unpaired) electrons. The van der Waals surface area contributed by atoms with Crippen molar-refractivity contribution >= 4 is 23.3 Å². The summed E-state index contributed by atoms with van der Waals surface area (Å²) < 4.78 is 5.38. The lowest BCUT2D eigenvalue weighted by Gasteiger charge is -2.22. The third kappa shape index (κ3) is 5.89. The predicted octanol–water partition coefficient (Wildman–Crippen LogP) is 7.36. The van der Waals surface area contributed by atoms with Crippen LogP contribution in [0.5, 0.6) is 0 Å². The van der Waals surface area contributed by atoms with E-state index in [0.717, 1.165) is 17.2 Å². The van der Waals surface area contributed by atoms with Crippen molar-refractivity contribution in [3.63, 3.8) is 0 Å². The van der Waals surface area contributed by atoms with Crippen LogP contribution in [0.3, 0.4) is 0 Å². The molecule has 0 spiro atoms. The minimum atomic E-state index is -0.379. The van der Waals surface area contributed by atoms with Crippen LogP contribution in [0.1, 0.15) is 65.1 Å². The Bertz CT molecular complexity index is 996. The van der Waals surface area contributed by atoms with Gasteiger partial charge in [0.05, 0.1) is 16.3 Å². The molecule has 0 aliphatic heterocycles. The Kier molecular flexibility index (Phi) is 7.26. The van der Waals surface area contributed by atoms with E-state index in [9.17, 15) is 4.79 Å². The summed E-state index contributed by atoms with van der Waals surface area (Å²) in [6.07, 6.45) is 6.70. The maximum atomic E-state index is 12.3. The molecule has 4 heteroatoms. The summed E-state index contributed by atoms with van der Waals surface area (Å²) in [5.41, 5.74) is 4.87. The van der Waals surface area contributed by atoms with Gasteiger partial charge in [-0.1, -0.05) is 85.5 Å². The summed E-state index contributed by atoms with van der Waals surface area (Å²) in [6, 6.07) is 23.8. The van der Waals surface area contributed by atoms with Gasteiger partial charge in [-0.3, -0.25) is 0 Å². The number of ether oxygens (including phenoxy) is 1. The number of carbonyl (C=O) groups excluding carboxylic acids is 1. The van der Waals surface area contributed by atoms with Crippen molar-refractivity contribution in [1.29, 1.82) is 0 Å². The number of benzene rings is 3. The average molecular weight is 434 g/mol. The first kappa shape index (κ1) is 21.5. The molecule has 0 aromatic heterocycles. The van der Waals surface area contributed by atoms with Crippen molar-refractivity contribution in [2.24, 2.45) is 0 Å². The Morgan fingerprint density at radius 2 is 1.65 bits per heavy atom. The Morgan fingerprint density at radius 1 is 0.903 bits per heavy atom. The van der Waals surface area contributed by atoms with E-state index in [1.54, 1.807) is 12.1 Å². The monoisotopic (exact) mass is 433 g/mol. The van der Waals surface area contributed by atoms with Crippen LogP contribution in [-0.2, 0) is 17.9 Å². The molecule has 1 saturated carbocycles. The second-order valence-corrected chi connectivity index (χ2v) is 8.59. The van der Waals surface area contributed by atoms with Crippen LogP contribution in [0.15, 0.2) is 72.8 Å².